The summed E-state index contributed by atoms with van der Waals surface area (Å²) in [5.41, 5.74) is 1.54. The van der Waals surface area contributed by atoms with E-state index in [4.69, 9.17) is 12.6 Å². The third-order valence-corrected chi connectivity index (χ3v) is 4.31. The maximum absolute atomic E-state index is 12.1. The average Bonchev–Trinajstić information content (AvgIpc) is 2.91. The summed E-state index contributed by atoms with van der Waals surface area (Å²) < 4.78 is 7.74. The molecule has 1 aromatic carbocycles. The molecule has 2 radical (unpaired) electrons. The van der Waals surface area contributed by atoms with Crippen molar-refractivity contribution in [2.45, 2.75) is 45.3 Å². The van der Waals surface area contributed by atoms with Gasteiger partial charge in [-0.15, -0.1) is 0 Å². The summed E-state index contributed by atoms with van der Waals surface area (Å²) in [5.74, 6) is 0. The van der Waals surface area contributed by atoms with Crippen LogP contribution < -0.4 is 5.46 Å². The fourth-order valence-electron chi connectivity index (χ4n) is 3.18. The highest BCUT2D eigenvalue weighted by atomic mass is 16.6. The summed E-state index contributed by atoms with van der Waals surface area (Å²) in [4.78, 5) is 14.0. The zero-order valence-corrected chi connectivity index (χ0v) is 14.1. The topological polar surface area (TPSA) is 34.5 Å². The van der Waals surface area contributed by atoms with Gasteiger partial charge in [0.05, 0.1) is 0 Å². The van der Waals surface area contributed by atoms with Gasteiger partial charge in [0.15, 0.2) is 0 Å². The number of fused-ring (bicyclic) bond motifs is 1. The molecule has 0 atom stereocenters. The first kappa shape index (κ1) is 16.0. The van der Waals surface area contributed by atoms with Crippen molar-refractivity contribution in [2.75, 3.05) is 13.1 Å². The molecule has 1 saturated heterocycles. The van der Waals surface area contributed by atoms with Gasteiger partial charge in [0.2, 0.25) is 0 Å². The molecule has 0 saturated carbocycles. The number of hydrogen-bond acceptors (Lipinski definition) is 2. The van der Waals surface area contributed by atoms with Gasteiger partial charge in [-0.25, -0.2) is 4.79 Å². The van der Waals surface area contributed by atoms with Crippen molar-refractivity contribution in [1.82, 2.24) is 9.47 Å². The molecule has 4 nitrogen and oxygen atoms in total. The molecule has 120 valence electrons. The molecule has 23 heavy (non-hydrogen) atoms. The van der Waals surface area contributed by atoms with E-state index < -0.39 is 5.60 Å². The number of amides is 1. The summed E-state index contributed by atoms with van der Waals surface area (Å²) in [6.45, 7) is 7.14. The number of hydrogen-bond donors (Lipinski definition) is 0. The van der Waals surface area contributed by atoms with E-state index in [1.54, 1.807) is 0 Å². The number of piperidine rings is 1. The second-order valence-corrected chi connectivity index (χ2v) is 7.20. The van der Waals surface area contributed by atoms with Crippen molar-refractivity contribution in [2.24, 2.45) is 0 Å². The lowest BCUT2D eigenvalue weighted by atomic mass is 9.92. The first-order valence-electron chi connectivity index (χ1n) is 8.18. The van der Waals surface area contributed by atoms with Gasteiger partial charge >= 0.3 is 6.09 Å². The number of benzene rings is 1. The van der Waals surface area contributed by atoms with Crippen molar-refractivity contribution >= 4 is 30.3 Å². The van der Waals surface area contributed by atoms with Crippen LogP contribution >= 0.6 is 0 Å². The van der Waals surface area contributed by atoms with Crippen LogP contribution in [0.3, 0.4) is 0 Å². The molecule has 3 rings (SSSR count). The van der Waals surface area contributed by atoms with Crippen LogP contribution in [0.1, 0.15) is 39.7 Å². The zero-order valence-electron chi connectivity index (χ0n) is 14.1. The van der Waals surface area contributed by atoms with Crippen LogP contribution in [0.25, 0.3) is 10.9 Å². The molecule has 5 heteroatoms. The minimum atomic E-state index is -0.442. The standard InChI is InChI=1S/C18H23BN2O2/c1-18(2,3)23-17(22)20-10-7-13(8-11-20)21-12-9-14-15(19)5-4-6-16(14)21/h4-6,9,12-13H,7-8,10-11H2,1-3H3. The lowest BCUT2D eigenvalue weighted by molar-refractivity contribution is 0.0190. The summed E-state index contributed by atoms with van der Waals surface area (Å²) in [6.07, 6.45) is 3.75. The third kappa shape index (κ3) is 3.38. The van der Waals surface area contributed by atoms with Gasteiger partial charge in [0.1, 0.15) is 13.4 Å². The summed E-state index contributed by atoms with van der Waals surface area (Å²) in [6, 6.07) is 8.49. The Labute approximate surface area is 138 Å². The van der Waals surface area contributed by atoms with Crippen molar-refractivity contribution in [3.63, 3.8) is 0 Å². The zero-order chi connectivity index (χ0) is 16.6. The summed E-state index contributed by atoms with van der Waals surface area (Å²) >= 11 is 0. The predicted octanol–water partition coefficient (Wildman–Crippen LogP) is 3.01. The predicted molar refractivity (Wildman–Crippen MR) is 93.4 cm³/mol. The van der Waals surface area contributed by atoms with E-state index in [1.807, 2.05) is 37.8 Å². The van der Waals surface area contributed by atoms with Crippen LogP contribution in [0.15, 0.2) is 30.5 Å². The van der Waals surface area contributed by atoms with Gasteiger partial charge in [-0.2, -0.15) is 0 Å². The number of aromatic nitrogens is 1. The molecule has 1 amide bonds. The molecule has 2 heterocycles. The third-order valence-electron chi connectivity index (χ3n) is 4.31. The van der Waals surface area contributed by atoms with E-state index in [0.717, 1.165) is 36.8 Å². The smallest absolute Gasteiger partial charge is 0.410 e. The van der Waals surface area contributed by atoms with Gasteiger partial charge < -0.3 is 14.2 Å². The summed E-state index contributed by atoms with van der Waals surface area (Å²) in [5, 5.41) is 1.10. The Kier molecular flexibility index (Phi) is 4.13. The molecule has 2 aromatic rings. The largest absolute Gasteiger partial charge is 0.444 e. The molecule has 1 fully saturated rings. The van der Waals surface area contributed by atoms with Crippen molar-refractivity contribution in [3.05, 3.63) is 30.5 Å². The number of carbonyl (C=O) groups excluding carboxylic acids is 1. The number of carbonyl (C=O) groups is 1. The first-order chi connectivity index (χ1) is 10.8. The van der Waals surface area contributed by atoms with Crippen LogP contribution in [0.4, 0.5) is 4.79 Å². The van der Waals surface area contributed by atoms with Crippen LogP contribution in [0, 0.1) is 0 Å². The Morgan fingerprint density at radius 3 is 2.57 bits per heavy atom. The monoisotopic (exact) mass is 310 g/mol. The van der Waals surface area contributed by atoms with E-state index in [9.17, 15) is 4.79 Å². The molecule has 0 unspecified atom stereocenters. The molecular formula is C18H23BN2O2. The molecule has 1 aliphatic heterocycles. The van der Waals surface area contributed by atoms with Crippen LogP contribution in [0.5, 0.6) is 0 Å². The van der Waals surface area contributed by atoms with Crippen LogP contribution in [-0.4, -0.2) is 42.1 Å². The quantitative estimate of drug-likeness (QED) is 0.759. The normalized spacial score (nSPS) is 16.7. The number of ether oxygens (including phenoxy) is 1. The first-order valence-corrected chi connectivity index (χ1v) is 8.18. The number of nitrogens with zero attached hydrogens (tertiary/aromatic N) is 2. The average molecular weight is 310 g/mol. The van der Waals surface area contributed by atoms with Crippen molar-refractivity contribution < 1.29 is 9.53 Å². The number of likely N-dealkylation sites (tertiary alicyclic amines) is 1. The van der Waals surface area contributed by atoms with E-state index in [-0.39, 0.29) is 6.09 Å². The van der Waals surface area contributed by atoms with Gasteiger partial charge in [-0.1, -0.05) is 17.6 Å². The van der Waals surface area contributed by atoms with Crippen LogP contribution in [0.2, 0.25) is 0 Å². The van der Waals surface area contributed by atoms with Gasteiger partial charge in [0, 0.05) is 30.8 Å². The van der Waals surface area contributed by atoms with Gasteiger partial charge in [-0.05, 0) is 51.1 Å². The highest BCUT2D eigenvalue weighted by Crippen LogP contribution is 2.27. The lowest BCUT2D eigenvalue weighted by Crippen LogP contribution is -2.42. The van der Waals surface area contributed by atoms with E-state index in [2.05, 4.69) is 22.9 Å². The minimum absolute atomic E-state index is 0.211. The Hall–Kier alpha value is -1.91. The molecule has 0 bridgehead atoms. The molecule has 1 aliphatic rings. The second kappa shape index (κ2) is 5.95. The minimum Gasteiger partial charge on any atom is -0.444 e. The second-order valence-electron chi connectivity index (χ2n) is 7.20. The Bertz CT molecular complexity index is 709. The van der Waals surface area contributed by atoms with Gasteiger partial charge in [0.25, 0.3) is 0 Å². The molecule has 0 spiro atoms. The Morgan fingerprint density at radius 2 is 1.91 bits per heavy atom. The SMILES string of the molecule is [B]c1cccc2c1ccn2C1CCN(C(=O)OC(C)(C)C)CC1. The maximum atomic E-state index is 12.1. The van der Waals surface area contributed by atoms with E-state index in [0.29, 0.717) is 6.04 Å². The number of rotatable bonds is 1. The highest BCUT2D eigenvalue weighted by Gasteiger charge is 2.27. The van der Waals surface area contributed by atoms with Crippen LogP contribution in [-0.2, 0) is 4.74 Å². The molecule has 1 aromatic heterocycles. The fourth-order valence-corrected chi connectivity index (χ4v) is 3.18. The van der Waals surface area contributed by atoms with Crippen molar-refractivity contribution in [1.29, 1.82) is 0 Å². The lowest BCUT2D eigenvalue weighted by Gasteiger charge is -2.34. The van der Waals surface area contributed by atoms with E-state index in [1.165, 1.54) is 5.52 Å². The Balaban J connectivity index is 1.69. The maximum Gasteiger partial charge on any atom is 0.410 e. The molecule has 0 aliphatic carbocycles. The van der Waals surface area contributed by atoms with Gasteiger partial charge in [-0.3, -0.25) is 0 Å². The fraction of sp³-hybridized carbons (Fsp3) is 0.500. The summed E-state index contributed by atoms with van der Waals surface area (Å²) in [7, 11) is 6.04. The molecular weight excluding hydrogens is 287 g/mol. The highest BCUT2D eigenvalue weighted by molar-refractivity contribution is 6.38. The van der Waals surface area contributed by atoms with E-state index >= 15 is 0 Å². The van der Waals surface area contributed by atoms with Crippen molar-refractivity contribution in [3.8, 4) is 0 Å². The molecule has 0 N–H and O–H groups in total. The Morgan fingerprint density at radius 1 is 1.22 bits per heavy atom.